The summed E-state index contributed by atoms with van der Waals surface area (Å²) in [6, 6.07) is 10.8. The van der Waals surface area contributed by atoms with Gasteiger partial charge in [-0.25, -0.2) is 9.59 Å². The summed E-state index contributed by atoms with van der Waals surface area (Å²) in [6.07, 6.45) is 2.70. The number of aryl methyl sites for hydroxylation is 1. The SMILES string of the molecule is CCCCCCCCc1ccc(NC(=O)OCOC(=O)c2cccc(CN(CCC)CCC)c2)cc1C(F)(F)F. The van der Waals surface area contributed by atoms with Gasteiger partial charge in [-0.1, -0.05) is 71.1 Å². The van der Waals surface area contributed by atoms with Crippen LogP contribution in [0.15, 0.2) is 42.5 Å². The molecule has 2 aromatic carbocycles. The molecule has 0 aromatic heterocycles. The zero-order valence-electron chi connectivity index (χ0n) is 23.9. The third-order valence-electron chi connectivity index (χ3n) is 6.49. The van der Waals surface area contributed by atoms with Gasteiger partial charge in [0.2, 0.25) is 6.79 Å². The predicted molar refractivity (Wildman–Crippen MR) is 151 cm³/mol. The second-order valence-corrected chi connectivity index (χ2v) is 9.97. The third kappa shape index (κ3) is 12.0. The Morgan fingerprint density at radius 1 is 0.850 bits per heavy atom. The molecule has 0 aliphatic heterocycles. The number of nitrogens with one attached hydrogen (secondary N) is 1. The topological polar surface area (TPSA) is 67.9 Å². The highest BCUT2D eigenvalue weighted by Crippen LogP contribution is 2.34. The molecule has 40 heavy (non-hydrogen) atoms. The van der Waals surface area contributed by atoms with Crippen molar-refractivity contribution in [2.24, 2.45) is 0 Å². The van der Waals surface area contributed by atoms with Gasteiger partial charge in [0.05, 0.1) is 11.1 Å². The molecule has 6 nitrogen and oxygen atoms in total. The average Bonchev–Trinajstić information content (AvgIpc) is 2.91. The molecule has 0 fully saturated rings. The van der Waals surface area contributed by atoms with Crippen LogP contribution >= 0.6 is 0 Å². The Hall–Kier alpha value is -3.07. The van der Waals surface area contributed by atoms with Crippen LogP contribution in [0.3, 0.4) is 0 Å². The molecule has 0 saturated carbocycles. The van der Waals surface area contributed by atoms with E-state index in [9.17, 15) is 22.8 Å². The summed E-state index contributed by atoms with van der Waals surface area (Å²) in [5.74, 6) is -0.661. The highest BCUT2D eigenvalue weighted by molar-refractivity contribution is 5.89. The van der Waals surface area contributed by atoms with Crippen LogP contribution in [0, 0.1) is 0 Å². The second kappa shape index (κ2) is 17.6. The molecule has 0 saturated heterocycles. The Labute approximate surface area is 236 Å². The summed E-state index contributed by atoms with van der Waals surface area (Å²) in [6.45, 7) is 8.30. The Balaban J connectivity index is 1.88. The number of hydrogen-bond donors (Lipinski definition) is 1. The number of carbonyl (C=O) groups is 2. The van der Waals surface area contributed by atoms with E-state index in [1.807, 2.05) is 6.07 Å². The van der Waals surface area contributed by atoms with Crippen molar-refractivity contribution in [3.63, 3.8) is 0 Å². The molecule has 2 aromatic rings. The normalized spacial score (nSPS) is 11.5. The van der Waals surface area contributed by atoms with Crippen LogP contribution in [0.25, 0.3) is 0 Å². The van der Waals surface area contributed by atoms with E-state index >= 15 is 0 Å². The van der Waals surface area contributed by atoms with Gasteiger partial charge in [0.25, 0.3) is 0 Å². The van der Waals surface area contributed by atoms with E-state index in [2.05, 4.69) is 31.0 Å². The van der Waals surface area contributed by atoms with Crippen molar-refractivity contribution in [2.75, 3.05) is 25.2 Å². The lowest BCUT2D eigenvalue weighted by Crippen LogP contribution is -2.25. The molecule has 0 spiro atoms. The summed E-state index contributed by atoms with van der Waals surface area (Å²) in [7, 11) is 0. The van der Waals surface area contributed by atoms with Crippen molar-refractivity contribution < 1.29 is 32.2 Å². The third-order valence-corrected chi connectivity index (χ3v) is 6.49. The molecule has 0 unspecified atom stereocenters. The molecule has 2 rings (SSSR count). The first-order valence-electron chi connectivity index (χ1n) is 14.3. The van der Waals surface area contributed by atoms with Crippen LogP contribution in [0.5, 0.6) is 0 Å². The van der Waals surface area contributed by atoms with Crippen LogP contribution < -0.4 is 5.32 Å². The molecule has 0 atom stereocenters. The average molecular weight is 565 g/mol. The maximum atomic E-state index is 13.7. The Morgan fingerprint density at radius 3 is 2.23 bits per heavy atom. The van der Waals surface area contributed by atoms with Crippen LogP contribution in [-0.4, -0.2) is 36.8 Å². The number of unbranched alkanes of at least 4 members (excludes halogenated alkanes) is 5. The number of esters is 1. The standard InChI is InChI=1S/C31H43F3N2O4/c1-4-7-8-9-10-11-14-25-16-17-27(21-28(25)31(32,33)34)35-30(38)40-23-39-29(37)26-15-12-13-24(20-26)22-36(18-5-2)19-6-3/h12-13,15-17,20-21H,4-11,14,18-19,22-23H2,1-3H3,(H,35,38). The number of anilines is 1. The van der Waals surface area contributed by atoms with Crippen molar-refractivity contribution in [1.82, 2.24) is 4.90 Å². The molecule has 1 N–H and O–H groups in total. The van der Waals surface area contributed by atoms with Crippen LogP contribution in [0.2, 0.25) is 0 Å². The summed E-state index contributed by atoms with van der Waals surface area (Å²) in [5, 5.41) is 2.28. The maximum absolute atomic E-state index is 13.7. The van der Waals surface area contributed by atoms with Crippen molar-refractivity contribution in [3.05, 3.63) is 64.7 Å². The minimum atomic E-state index is -4.55. The van der Waals surface area contributed by atoms with E-state index in [1.54, 1.807) is 18.2 Å². The van der Waals surface area contributed by atoms with E-state index in [0.717, 1.165) is 69.7 Å². The van der Waals surface area contributed by atoms with Crippen LogP contribution in [-0.2, 0) is 28.6 Å². The van der Waals surface area contributed by atoms with Gasteiger partial charge in [-0.3, -0.25) is 10.2 Å². The number of benzene rings is 2. The van der Waals surface area contributed by atoms with E-state index in [-0.39, 0.29) is 11.3 Å². The van der Waals surface area contributed by atoms with Gasteiger partial charge < -0.3 is 9.47 Å². The number of rotatable bonds is 17. The van der Waals surface area contributed by atoms with Crippen molar-refractivity contribution in [3.8, 4) is 0 Å². The number of carbonyl (C=O) groups excluding carboxylic acids is 2. The molecule has 0 aliphatic carbocycles. The number of ether oxygens (including phenoxy) is 2. The minimum Gasteiger partial charge on any atom is -0.424 e. The minimum absolute atomic E-state index is 0.0493. The zero-order chi connectivity index (χ0) is 29.4. The predicted octanol–water partition coefficient (Wildman–Crippen LogP) is 8.59. The van der Waals surface area contributed by atoms with Gasteiger partial charge in [0.1, 0.15) is 0 Å². The fourth-order valence-electron chi connectivity index (χ4n) is 4.56. The fourth-order valence-corrected chi connectivity index (χ4v) is 4.56. The van der Waals surface area contributed by atoms with E-state index < -0.39 is 30.6 Å². The Kier molecular flexibility index (Phi) is 14.6. The largest absolute Gasteiger partial charge is 0.424 e. The first kappa shape index (κ1) is 33.1. The van der Waals surface area contributed by atoms with E-state index in [0.29, 0.717) is 24.9 Å². The molecular formula is C31H43F3N2O4. The second-order valence-electron chi connectivity index (χ2n) is 9.97. The lowest BCUT2D eigenvalue weighted by molar-refractivity contribution is -0.138. The Morgan fingerprint density at radius 2 is 1.55 bits per heavy atom. The lowest BCUT2D eigenvalue weighted by Gasteiger charge is -2.21. The maximum Gasteiger partial charge on any atom is 0.416 e. The molecule has 0 heterocycles. The first-order valence-corrected chi connectivity index (χ1v) is 14.3. The number of halogens is 3. The molecular weight excluding hydrogens is 521 g/mol. The fraction of sp³-hybridized carbons (Fsp3) is 0.548. The van der Waals surface area contributed by atoms with Gasteiger partial charge in [0.15, 0.2) is 0 Å². The summed E-state index contributed by atoms with van der Waals surface area (Å²) in [5.41, 5.74) is 0.666. The highest BCUT2D eigenvalue weighted by atomic mass is 19.4. The Bertz CT molecular complexity index is 1050. The van der Waals surface area contributed by atoms with Crippen molar-refractivity contribution in [2.45, 2.75) is 91.3 Å². The van der Waals surface area contributed by atoms with Gasteiger partial charge in [-0.2, -0.15) is 13.2 Å². The number of amides is 1. The first-order chi connectivity index (χ1) is 19.2. The molecule has 0 bridgehead atoms. The zero-order valence-corrected chi connectivity index (χ0v) is 23.9. The van der Waals surface area contributed by atoms with E-state index in [4.69, 9.17) is 9.47 Å². The molecule has 0 aliphatic rings. The van der Waals surface area contributed by atoms with Gasteiger partial charge in [-0.15, -0.1) is 0 Å². The lowest BCUT2D eigenvalue weighted by atomic mass is 9.99. The number of hydrogen-bond acceptors (Lipinski definition) is 5. The smallest absolute Gasteiger partial charge is 0.416 e. The summed E-state index contributed by atoms with van der Waals surface area (Å²) < 4.78 is 50.9. The van der Waals surface area contributed by atoms with Crippen molar-refractivity contribution >= 4 is 17.7 Å². The van der Waals surface area contributed by atoms with Crippen LogP contribution in [0.1, 0.15) is 99.2 Å². The molecule has 222 valence electrons. The summed E-state index contributed by atoms with van der Waals surface area (Å²) in [4.78, 5) is 26.9. The molecule has 9 heteroatoms. The van der Waals surface area contributed by atoms with Gasteiger partial charge >= 0.3 is 18.2 Å². The van der Waals surface area contributed by atoms with Gasteiger partial charge in [0, 0.05) is 12.2 Å². The number of alkyl halides is 3. The summed E-state index contributed by atoms with van der Waals surface area (Å²) >= 11 is 0. The molecule has 1 amide bonds. The highest BCUT2D eigenvalue weighted by Gasteiger charge is 2.33. The van der Waals surface area contributed by atoms with Gasteiger partial charge in [-0.05, 0) is 74.2 Å². The number of nitrogens with zero attached hydrogens (tertiary/aromatic N) is 1. The monoisotopic (exact) mass is 564 g/mol. The molecule has 0 radical (unpaired) electrons. The van der Waals surface area contributed by atoms with Crippen molar-refractivity contribution in [1.29, 1.82) is 0 Å². The van der Waals surface area contributed by atoms with Crippen LogP contribution in [0.4, 0.5) is 23.7 Å². The quantitative estimate of drug-likeness (QED) is 0.118. The van der Waals surface area contributed by atoms with E-state index in [1.165, 1.54) is 12.1 Å².